The summed E-state index contributed by atoms with van der Waals surface area (Å²) in [5, 5.41) is 0. The van der Waals surface area contributed by atoms with Crippen LogP contribution in [0.2, 0.25) is 0 Å². The summed E-state index contributed by atoms with van der Waals surface area (Å²) >= 11 is 0. The second kappa shape index (κ2) is 5.41. The van der Waals surface area contributed by atoms with Crippen LogP contribution in [0.15, 0.2) is 18.2 Å². The van der Waals surface area contributed by atoms with Gasteiger partial charge in [-0.15, -0.1) is 0 Å². The molecule has 2 N–H and O–H groups in total. The Kier molecular flexibility index (Phi) is 3.88. The van der Waals surface area contributed by atoms with Crippen LogP contribution in [-0.4, -0.2) is 43.2 Å². The first-order valence-corrected chi connectivity index (χ1v) is 5.68. The minimum atomic E-state index is -0.851. The maximum Gasteiger partial charge on any atom is 0.259 e. The van der Waals surface area contributed by atoms with Crippen molar-refractivity contribution >= 4 is 5.91 Å². The topological polar surface area (TPSA) is 55.6 Å². The molecule has 1 aromatic rings. The van der Waals surface area contributed by atoms with Crippen molar-refractivity contribution in [1.29, 1.82) is 0 Å². The molecule has 0 unspecified atom stereocenters. The zero-order chi connectivity index (χ0) is 13.1. The molecule has 2 rings (SSSR count). The Morgan fingerprint density at radius 3 is 2.72 bits per heavy atom. The molecule has 0 aliphatic carbocycles. The van der Waals surface area contributed by atoms with E-state index in [1.54, 1.807) is 0 Å². The minimum absolute atomic E-state index is 0.253. The second-order valence-electron chi connectivity index (χ2n) is 4.08. The van der Waals surface area contributed by atoms with Crippen LogP contribution >= 0.6 is 0 Å². The quantitative estimate of drug-likeness (QED) is 0.850. The highest BCUT2D eigenvalue weighted by atomic mass is 19.1. The second-order valence-corrected chi connectivity index (χ2v) is 4.08. The summed E-state index contributed by atoms with van der Waals surface area (Å²) in [6.07, 6.45) is -0.280. The van der Waals surface area contributed by atoms with E-state index in [1.807, 2.05) is 0 Å². The van der Waals surface area contributed by atoms with Crippen molar-refractivity contribution in [1.82, 2.24) is 4.90 Å². The van der Waals surface area contributed by atoms with Crippen LogP contribution in [-0.2, 0) is 4.74 Å². The first kappa shape index (κ1) is 12.9. The molecule has 1 fully saturated rings. The Morgan fingerprint density at radius 2 is 2.11 bits per heavy atom. The summed E-state index contributed by atoms with van der Waals surface area (Å²) in [7, 11) is 0. The molecule has 4 nitrogen and oxygen atoms in total. The molecule has 0 bridgehead atoms. The fourth-order valence-corrected chi connectivity index (χ4v) is 1.91. The SMILES string of the molecule is NC[C@H]1CN(C(=O)c2c(F)cccc2F)CCO1. The van der Waals surface area contributed by atoms with E-state index >= 15 is 0 Å². The van der Waals surface area contributed by atoms with Gasteiger partial charge in [0.1, 0.15) is 17.2 Å². The number of rotatable bonds is 2. The van der Waals surface area contributed by atoms with Crippen LogP contribution in [0.25, 0.3) is 0 Å². The van der Waals surface area contributed by atoms with Gasteiger partial charge >= 0.3 is 0 Å². The van der Waals surface area contributed by atoms with Crippen LogP contribution in [0.4, 0.5) is 8.78 Å². The van der Waals surface area contributed by atoms with E-state index in [4.69, 9.17) is 10.5 Å². The largest absolute Gasteiger partial charge is 0.373 e. The van der Waals surface area contributed by atoms with Crippen molar-refractivity contribution in [2.75, 3.05) is 26.2 Å². The van der Waals surface area contributed by atoms with E-state index in [9.17, 15) is 13.6 Å². The van der Waals surface area contributed by atoms with Crippen LogP contribution in [0.3, 0.4) is 0 Å². The predicted octanol–water partition coefficient (Wildman–Crippen LogP) is 0.764. The third-order valence-corrected chi connectivity index (χ3v) is 2.87. The molecule has 98 valence electrons. The predicted molar refractivity (Wildman–Crippen MR) is 61.1 cm³/mol. The fraction of sp³-hybridized carbons (Fsp3) is 0.417. The van der Waals surface area contributed by atoms with Crippen molar-refractivity contribution in [3.05, 3.63) is 35.4 Å². The fourth-order valence-electron chi connectivity index (χ4n) is 1.91. The van der Waals surface area contributed by atoms with Crippen LogP contribution in [0, 0.1) is 11.6 Å². The summed E-state index contributed by atoms with van der Waals surface area (Å²) < 4.78 is 32.3. The van der Waals surface area contributed by atoms with Gasteiger partial charge in [-0.05, 0) is 12.1 Å². The van der Waals surface area contributed by atoms with E-state index in [-0.39, 0.29) is 19.2 Å². The summed E-state index contributed by atoms with van der Waals surface area (Å²) in [5.74, 6) is -2.36. The Hall–Kier alpha value is -1.53. The highest BCUT2D eigenvalue weighted by Crippen LogP contribution is 2.16. The molecule has 1 aliphatic heterocycles. The van der Waals surface area contributed by atoms with E-state index in [2.05, 4.69) is 0 Å². The molecule has 1 amide bonds. The Labute approximate surface area is 103 Å². The number of carbonyl (C=O) groups is 1. The molecular weight excluding hydrogens is 242 g/mol. The summed E-state index contributed by atoms with van der Waals surface area (Å²) in [4.78, 5) is 13.4. The van der Waals surface area contributed by atoms with Crippen molar-refractivity contribution in [3.63, 3.8) is 0 Å². The van der Waals surface area contributed by atoms with Crippen LogP contribution < -0.4 is 5.73 Å². The minimum Gasteiger partial charge on any atom is -0.373 e. The monoisotopic (exact) mass is 256 g/mol. The molecule has 0 saturated carbocycles. The zero-order valence-electron chi connectivity index (χ0n) is 9.73. The van der Waals surface area contributed by atoms with Crippen LogP contribution in [0.5, 0.6) is 0 Å². The molecule has 0 radical (unpaired) electrons. The first-order chi connectivity index (χ1) is 8.63. The Bertz CT molecular complexity index is 433. The van der Waals surface area contributed by atoms with Gasteiger partial charge in [0.2, 0.25) is 0 Å². The Morgan fingerprint density at radius 1 is 1.44 bits per heavy atom. The average molecular weight is 256 g/mol. The van der Waals surface area contributed by atoms with E-state index in [0.717, 1.165) is 12.1 Å². The molecule has 1 atom stereocenters. The number of benzene rings is 1. The zero-order valence-corrected chi connectivity index (χ0v) is 9.73. The van der Waals surface area contributed by atoms with Gasteiger partial charge in [0, 0.05) is 19.6 Å². The maximum atomic E-state index is 13.5. The molecule has 18 heavy (non-hydrogen) atoms. The van der Waals surface area contributed by atoms with Crippen molar-refractivity contribution in [3.8, 4) is 0 Å². The van der Waals surface area contributed by atoms with Gasteiger partial charge in [-0.1, -0.05) is 6.07 Å². The van der Waals surface area contributed by atoms with E-state index in [1.165, 1.54) is 11.0 Å². The Balaban J connectivity index is 2.20. The lowest BCUT2D eigenvalue weighted by Crippen LogP contribution is -2.48. The molecule has 1 aromatic carbocycles. The lowest BCUT2D eigenvalue weighted by molar-refractivity contribution is -0.0170. The number of halogens is 2. The van der Waals surface area contributed by atoms with Gasteiger partial charge in [0.05, 0.1) is 12.7 Å². The highest BCUT2D eigenvalue weighted by Gasteiger charge is 2.27. The van der Waals surface area contributed by atoms with Gasteiger partial charge in [0.15, 0.2) is 0 Å². The summed E-state index contributed by atoms with van der Waals surface area (Å²) in [6.45, 7) is 1.15. The molecule has 1 aliphatic rings. The number of morpholine rings is 1. The lowest BCUT2D eigenvalue weighted by Gasteiger charge is -2.32. The smallest absolute Gasteiger partial charge is 0.259 e. The van der Waals surface area contributed by atoms with E-state index in [0.29, 0.717) is 13.2 Å². The van der Waals surface area contributed by atoms with Gasteiger partial charge in [-0.3, -0.25) is 4.79 Å². The van der Waals surface area contributed by atoms with Gasteiger partial charge < -0.3 is 15.4 Å². The van der Waals surface area contributed by atoms with Crippen molar-refractivity contribution in [2.24, 2.45) is 5.73 Å². The lowest BCUT2D eigenvalue weighted by atomic mass is 10.1. The van der Waals surface area contributed by atoms with Crippen molar-refractivity contribution in [2.45, 2.75) is 6.10 Å². The normalized spacial score (nSPS) is 19.9. The van der Waals surface area contributed by atoms with Gasteiger partial charge in [-0.2, -0.15) is 0 Å². The van der Waals surface area contributed by atoms with Crippen molar-refractivity contribution < 1.29 is 18.3 Å². The molecule has 1 saturated heterocycles. The van der Waals surface area contributed by atoms with E-state index < -0.39 is 23.1 Å². The maximum absolute atomic E-state index is 13.5. The third-order valence-electron chi connectivity index (χ3n) is 2.87. The number of nitrogens with zero attached hydrogens (tertiary/aromatic N) is 1. The standard InChI is InChI=1S/C12H14F2N2O2/c13-9-2-1-3-10(14)11(9)12(17)16-4-5-18-8(6-15)7-16/h1-3,8H,4-7,15H2/t8-/m0/s1. The number of amides is 1. The van der Waals surface area contributed by atoms with Gasteiger partial charge in [0.25, 0.3) is 5.91 Å². The third kappa shape index (κ3) is 2.49. The van der Waals surface area contributed by atoms with Crippen LogP contribution in [0.1, 0.15) is 10.4 Å². The number of hydrogen-bond donors (Lipinski definition) is 1. The number of carbonyl (C=O) groups excluding carboxylic acids is 1. The molecular formula is C12H14F2N2O2. The number of nitrogens with two attached hydrogens (primary N) is 1. The average Bonchev–Trinajstić information content (AvgIpc) is 2.38. The highest BCUT2D eigenvalue weighted by molar-refractivity contribution is 5.94. The molecule has 0 spiro atoms. The molecule has 6 heteroatoms. The summed E-state index contributed by atoms with van der Waals surface area (Å²) in [6, 6.07) is 3.36. The molecule has 0 aromatic heterocycles. The summed E-state index contributed by atoms with van der Waals surface area (Å²) in [5.41, 5.74) is 4.93. The first-order valence-electron chi connectivity index (χ1n) is 5.68. The number of hydrogen-bond acceptors (Lipinski definition) is 3. The van der Waals surface area contributed by atoms with Gasteiger partial charge in [-0.25, -0.2) is 8.78 Å². The number of ether oxygens (including phenoxy) is 1. The molecule has 1 heterocycles.